The van der Waals surface area contributed by atoms with Crippen LogP contribution in [0.1, 0.15) is 45.0 Å². The van der Waals surface area contributed by atoms with Gasteiger partial charge >= 0.3 is 6.36 Å². The average Bonchev–Trinajstić information content (AvgIpc) is 3.02. The van der Waals surface area contributed by atoms with Gasteiger partial charge in [-0.05, 0) is 54.7 Å². The SMILES string of the molecule is CC1(C)[C@@]2(C)CC[C@]1(C(=O)Nc1ccc(OC(F)(F)F)cc1)c1nc3ccccc3nc12. The summed E-state index contributed by atoms with van der Waals surface area (Å²) in [5, 5.41) is 2.91. The minimum atomic E-state index is -4.77. The summed E-state index contributed by atoms with van der Waals surface area (Å²) < 4.78 is 41.2. The number of aromatic nitrogens is 2. The topological polar surface area (TPSA) is 64.1 Å². The van der Waals surface area contributed by atoms with E-state index in [-0.39, 0.29) is 17.1 Å². The van der Waals surface area contributed by atoms with E-state index >= 15 is 0 Å². The number of hydrogen-bond acceptors (Lipinski definition) is 4. The van der Waals surface area contributed by atoms with E-state index in [4.69, 9.17) is 9.97 Å². The van der Waals surface area contributed by atoms with Crippen LogP contribution >= 0.6 is 0 Å². The van der Waals surface area contributed by atoms with E-state index in [0.717, 1.165) is 23.1 Å². The largest absolute Gasteiger partial charge is 0.573 e. The Bertz CT molecular complexity index is 1240. The summed E-state index contributed by atoms with van der Waals surface area (Å²) in [4.78, 5) is 23.6. The minimum Gasteiger partial charge on any atom is -0.406 e. The molecule has 0 spiro atoms. The van der Waals surface area contributed by atoms with Crippen molar-refractivity contribution in [1.29, 1.82) is 0 Å². The van der Waals surface area contributed by atoms with Gasteiger partial charge in [0.2, 0.25) is 5.91 Å². The van der Waals surface area contributed by atoms with Gasteiger partial charge in [-0.2, -0.15) is 0 Å². The first kappa shape index (κ1) is 20.7. The summed E-state index contributed by atoms with van der Waals surface area (Å²) in [6.07, 6.45) is -3.35. The molecule has 32 heavy (non-hydrogen) atoms. The van der Waals surface area contributed by atoms with E-state index in [1.807, 2.05) is 24.3 Å². The number of carbonyl (C=O) groups is 1. The second-order valence-corrected chi connectivity index (χ2v) is 9.30. The number of nitrogens with zero attached hydrogens (tertiary/aromatic N) is 2. The second kappa shape index (κ2) is 6.43. The first-order valence-electron chi connectivity index (χ1n) is 10.4. The molecule has 1 saturated carbocycles. The highest BCUT2D eigenvalue weighted by atomic mass is 19.4. The Balaban J connectivity index is 1.54. The van der Waals surface area contributed by atoms with Crippen molar-refractivity contribution in [3.05, 3.63) is 59.9 Å². The quantitative estimate of drug-likeness (QED) is 0.583. The zero-order valence-corrected chi connectivity index (χ0v) is 17.9. The molecule has 1 fully saturated rings. The summed E-state index contributed by atoms with van der Waals surface area (Å²) in [5.74, 6) is -0.565. The average molecular weight is 441 g/mol. The molecule has 0 saturated heterocycles. The number of benzene rings is 2. The molecule has 3 aromatic rings. The number of carbonyl (C=O) groups excluding carboxylic acids is 1. The molecule has 5 rings (SSSR count). The fourth-order valence-electron chi connectivity index (χ4n) is 5.53. The highest BCUT2D eigenvalue weighted by molar-refractivity contribution is 6.02. The van der Waals surface area contributed by atoms with Crippen molar-refractivity contribution in [2.24, 2.45) is 5.41 Å². The maximum atomic E-state index is 13.8. The highest BCUT2D eigenvalue weighted by Gasteiger charge is 2.73. The zero-order valence-electron chi connectivity index (χ0n) is 17.9. The van der Waals surface area contributed by atoms with Gasteiger partial charge in [0.05, 0.1) is 27.8 Å². The lowest BCUT2D eigenvalue weighted by atomic mass is 9.63. The molecular weight excluding hydrogens is 419 g/mol. The van der Waals surface area contributed by atoms with Crippen LogP contribution in [0.2, 0.25) is 0 Å². The van der Waals surface area contributed by atoms with Gasteiger partial charge in [-0.3, -0.25) is 4.79 Å². The maximum absolute atomic E-state index is 13.8. The fourth-order valence-corrected chi connectivity index (χ4v) is 5.53. The number of alkyl halides is 3. The molecule has 2 atom stereocenters. The number of hydrogen-bond donors (Lipinski definition) is 1. The number of ether oxygens (including phenoxy) is 1. The van der Waals surface area contributed by atoms with Gasteiger partial charge in [0.1, 0.15) is 5.75 Å². The van der Waals surface area contributed by atoms with Gasteiger partial charge < -0.3 is 10.1 Å². The van der Waals surface area contributed by atoms with Crippen LogP contribution in [-0.4, -0.2) is 22.2 Å². The molecule has 1 aromatic heterocycles. The molecule has 2 bridgehead atoms. The molecule has 5 nitrogen and oxygen atoms in total. The maximum Gasteiger partial charge on any atom is 0.573 e. The van der Waals surface area contributed by atoms with Gasteiger partial charge in [-0.15, -0.1) is 13.2 Å². The third-order valence-electron chi connectivity index (χ3n) is 7.68. The molecule has 0 unspecified atom stereocenters. The third kappa shape index (κ3) is 2.68. The van der Waals surface area contributed by atoms with Crippen molar-refractivity contribution in [3.8, 4) is 5.75 Å². The van der Waals surface area contributed by atoms with Crippen LogP contribution in [-0.2, 0) is 15.6 Å². The Kier molecular flexibility index (Phi) is 4.17. The molecular formula is C24H22F3N3O2. The lowest BCUT2D eigenvalue weighted by Gasteiger charge is -2.39. The van der Waals surface area contributed by atoms with Gasteiger partial charge in [0.25, 0.3) is 0 Å². The summed E-state index contributed by atoms with van der Waals surface area (Å²) in [7, 11) is 0. The fraction of sp³-hybridized carbons (Fsp3) is 0.375. The number of para-hydroxylation sites is 2. The second-order valence-electron chi connectivity index (χ2n) is 9.30. The number of rotatable bonds is 3. The zero-order chi connectivity index (χ0) is 22.9. The molecule has 2 aliphatic carbocycles. The first-order chi connectivity index (χ1) is 15.0. The van der Waals surface area contributed by atoms with Crippen molar-refractivity contribution in [1.82, 2.24) is 9.97 Å². The number of amides is 1. The number of nitrogens with one attached hydrogen (secondary N) is 1. The van der Waals surface area contributed by atoms with Gasteiger partial charge in [-0.25, -0.2) is 9.97 Å². The Morgan fingerprint density at radius 3 is 2.12 bits per heavy atom. The predicted molar refractivity (Wildman–Crippen MR) is 113 cm³/mol. The molecule has 0 radical (unpaired) electrons. The number of halogens is 3. The predicted octanol–water partition coefficient (Wildman–Crippen LogP) is 5.50. The molecule has 1 amide bonds. The van der Waals surface area contributed by atoms with Crippen LogP contribution < -0.4 is 10.1 Å². The normalized spacial score (nSPS) is 25.6. The van der Waals surface area contributed by atoms with E-state index in [2.05, 4.69) is 30.8 Å². The monoisotopic (exact) mass is 441 g/mol. The summed E-state index contributed by atoms with van der Waals surface area (Å²) in [6.45, 7) is 6.29. The Labute approximate surface area is 183 Å². The van der Waals surface area contributed by atoms with Crippen LogP contribution in [0.15, 0.2) is 48.5 Å². The van der Waals surface area contributed by atoms with E-state index < -0.39 is 17.2 Å². The van der Waals surface area contributed by atoms with Crippen LogP contribution in [0.25, 0.3) is 11.0 Å². The van der Waals surface area contributed by atoms with Gasteiger partial charge in [-0.1, -0.05) is 32.9 Å². The Morgan fingerprint density at radius 1 is 0.938 bits per heavy atom. The van der Waals surface area contributed by atoms with Crippen LogP contribution in [0.3, 0.4) is 0 Å². The summed E-state index contributed by atoms with van der Waals surface area (Å²) >= 11 is 0. The number of anilines is 1. The Morgan fingerprint density at radius 2 is 1.53 bits per heavy atom. The molecule has 2 aliphatic rings. The van der Waals surface area contributed by atoms with Crippen molar-refractivity contribution in [3.63, 3.8) is 0 Å². The van der Waals surface area contributed by atoms with E-state index in [1.165, 1.54) is 24.3 Å². The standard InChI is InChI=1S/C24H22F3N3O2/c1-21(2)22(3)12-13-23(21,19-18(22)29-16-6-4-5-7-17(16)30-19)20(31)28-14-8-10-15(11-9-14)32-24(25,26)27/h4-11H,12-13H2,1-3H3,(H,28,31)/t22-,23+/m0/s1. The van der Waals surface area contributed by atoms with Crippen LogP contribution in [0, 0.1) is 5.41 Å². The van der Waals surface area contributed by atoms with Crippen LogP contribution in [0.4, 0.5) is 18.9 Å². The van der Waals surface area contributed by atoms with Gasteiger partial charge in [0, 0.05) is 11.1 Å². The van der Waals surface area contributed by atoms with E-state index in [1.54, 1.807) is 0 Å². The molecule has 1 heterocycles. The lowest BCUT2D eigenvalue weighted by molar-refractivity contribution is -0.274. The molecule has 166 valence electrons. The van der Waals surface area contributed by atoms with Crippen molar-refractivity contribution in [2.45, 2.75) is 50.8 Å². The molecule has 8 heteroatoms. The summed E-state index contributed by atoms with van der Waals surface area (Å²) in [6, 6.07) is 12.8. The molecule has 0 aliphatic heterocycles. The van der Waals surface area contributed by atoms with Gasteiger partial charge in [0.15, 0.2) is 0 Å². The smallest absolute Gasteiger partial charge is 0.406 e. The lowest BCUT2D eigenvalue weighted by Crippen LogP contribution is -2.48. The number of fused-ring (bicyclic) bond motifs is 6. The third-order valence-corrected chi connectivity index (χ3v) is 7.68. The van der Waals surface area contributed by atoms with E-state index in [9.17, 15) is 18.0 Å². The molecule has 1 N–H and O–H groups in total. The van der Waals surface area contributed by atoms with Crippen molar-refractivity contribution in [2.75, 3.05) is 5.32 Å². The minimum absolute atomic E-state index is 0.223. The highest BCUT2D eigenvalue weighted by Crippen LogP contribution is 2.70. The Hall–Kier alpha value is -3.16. The van der Waals surface area contributed by atoms with Crippen molar-refractivity contribution < 1.29 is 22.7 Å². The van der Waals surface area contributed by atoms with E-state index in [0.29, 0.717) is 17.8 Å². The summed E-state index contributed by atoms with van der Waals surface area (Å²) in [5.41, 5.74) is 1.82. The first-order valence-corrected chi connectivity index (χ1v) is 10.4. The van der Waals surface area contributed by atoms with Crippen LogP contribution in [0.5, 0.6) is 5.75 Å². The van der Waals surface area contributed by atoms with Crippen molar-refractivity contribution >= 4 is 22.6 Å². The molecule has 2 aromatic carbocycles.